The number of likely N-dealkylation sites (N-methyl/N-ethyl adjacent to an activating group) is 2. The van der Waals surface area contributed by atoms with Crippen molar-refractivity contribution in [3.63, 3.8) is 0 Å². The van der Waals surface area contributed by atoms with Crippen LogP contribution >= 0.6 is 0 Å². The van der Waals surface area contributed by atoms with Crippen molar-refractivity contribution < 1.29 is 51.1 Å². The average molecular weight is 501 g/mol. The summed E-state index contributed by atoms with van der Waals surface area (Å²) in [6.45, 7) is 0.231. The Bertz CT molecular complexity index is 451. The Morgan fingerprint density at radius 1 is 0.441 bits per heavy atom. The lowest BCUT2D eigenvalue weighted by atomic mass is 10.0. The lowest BCUT2D eigenvalue weighted by molar-refractivity contribution is -0.118. The van der Waals surface area contributed by atoms with Crippen LogP contribution in [0.3, 0.4) is 0 Å². The van der Waals surface area contributed by atoms with Gasteiger partial charge in [0.05, 0.1) is 25.4 Å². The SMILES string of the molecule is CN(CCCCCCCCN(C)CC(O)C(O)C(O)C(O)CO)CC(O)C(O)C(O)C(O)CO. The van der Waals surface area contributed by atoms with E-state index in [1.165, 1.54) is 0 Å². The molecule has 0 aromatic rings. The highest BCUT2D eigenvalue weighted by Crippen LogP contribution is 2.10. The first-order valence-electron chi connectivity index (χ1n) is 12.0. The standard InChI is InChI=1S/C22H48N2O10/c1-23(11-15(27)19(31)21(33)17(29)13-25)9-7-5-3-4-6-8-10-24(2)12-16(28)20(32)22(34)18(30)14-26/h15-22,25-34H,3-14H2,1-2H3. The maximum absolute atomic E-state index is 9.98. The molecule has 0 radical (unpaired) electrons. The van der Waals surface area contributed by atoms with Gasteiger partial charge in [0.15, 0.2) is 0 Å². The second-order valence-electron chi connectivity index (χ2n) is 9.24. The van der Waals surface area contributed by atoms with Crippen molar-refractivity contribution in [1.82, 2.24) is 9.80 Å². The van der Waals surface area contributed by atoms with Gasteiger partial charge in [-0.1, -0.05) is 25.7 Å². The summed E-state index contributed by atoms with van der Waals surface area (Å²) in [6, 6.07) is 0. The molecule has 12 nitrogen and oxygen atoms in total. The molecule has 0 fully saturated rings. The van der Waals surface area contributed by atoms with E-state index in [1.807, 2.05) is 9.80 Å². The number of hydrogen-bond acceptors (Lipinski definition) is 12. The van der Waals surface area contributed by atoms with E-state index in [0.29, 0.717) is 13.1 Å². The summed E-state index contributed by atoms with van der Waals surface area (Å²) in [5, 5.41) is 95.2. The minimum Gasteiger partial charge on any atom is -0.394 e. The molecule has 0 saturated carbocycles. The quantitative estimate of drug-likeness (QED) is 0.0685. The Hall–Kier alpha value is -0.480. The number of aliphatic hydroxyl groups is 10. The second-order valence-corrected chi connectivity index (χ2v) is 9.24. The molecule has 0 saturated heterocycles. The maximum Gasteiger partial charge on any atom is 0.111 e. The minimum atomic E-state index is -1.62. The first-order valence-corrected chi connectivity index (χ1v) is 12.0. The largest absolute Gasteiger partial charge is 0.394 e. The predicted molar refractivity (Wildman–Crippen MR) is 125 cm³/mol. The molecule has 0 bridgehead atoms. The summed E-state index contributed by atoms with van der Waals surface area (Å²) in [6.07, 6.45) is -6.04. The second kappa shape index (κ2) is 18.7. The summed E-state index contributed by atoms with van der Waals surface area (Å²) in [4.78, 5) is 3.66. The summed E-state index contributed by atoms with van der Waals surface area (Å²) < 4.78 is 0. The van der Waals surface area contributed by atoms with Gasteiger partial charge in [-0.25, -0.2) is 0 Å². The first-order chi connectivity index (χ1) is 16.0. The molecule has 0 aliphatic heterocycles. The van der Waals surface area contributed by atoms with E-state index < -0.39 is 62.0 Å². The first kappa shape index (κ1) is 33.5. The summed E-state index contributed by atoms with van der Waals surface area (Å²) in [7, 11) is 3.57. The number of nitrogens with zero attached hydrogens (tertiary/aromatic N) is 2. The molecule has 0 rings (SSSR count). The van der Waals surface area contributed by atoms with Gasteiger partial charge in [0.1, 0.15) is 36.6 Å². The van der Waals surface area contributed by atoms with E-state index in [9.17, 15) is 40.9 Å². The number of hydrogen-bond donors (Lipinski definition) is 10. The van der Waals surface area contributed by atoms with Gasteiger partial charge >= 0.3 is 0 Å². The molecular formula is C22H48N2O10. The van der Waals surface area contributed by atoms with Gasteiger partial charge in [-0.3, -0.25) is 0 Å². The van der Waals surface area contributed by atoms with Crippen molar-refractivity contribution in [2.75, 3.05) is 53.5 Å². The highest BCUT2D eigenvalue weighted by atomic mass is 16.4. The van der Waals surface area contributed by atoms with Gasteiger partial charge in [0.25, 0.3) is 0 Å². The zero-order valence-electron chi connectivity index (χ0n) is 20.5. The fourth-order valence-corrected chi connectivity index (χ4v) is 3.63. The molecule has 206 valence electrons. The van der Waals surface area contributed by atoms with Crippen LogP contribution in [0.2, 0.25) is 0 Å². The highest BCUT2D eigenvalue weighted by Gasteiger charge is 2.31. The van der Waals surface area contributed by atoms with E-state index in [4.69, 9.17) is 10.2 Å². The molecule has 0 aliphatic carbocycles. The Morgan fingerprint density at radius 3 is 1.00 bits per heavy atom. The van der Waals surface area contributed by atoms with E-state index in [1.54, 1.807) is 14.1 Å². The zero-order chi connectivity index (χ0) is 26.3. The van der Waals surface area contributed by atoms with E-state index in [2.05, 4.69) is 0 Å². The molecule has 34 heavy (non-hydrogen) atoms. The smallest absolute Gasteiger partial charge is 0.111 e. The van der Waals surface area contributed by atoms with Crippen LogP contribution in [0, 0.1) is 0 Å². The van der Waals surface area contributed by atoms with Crippen LogP contribution in [0.4, 0.5) is 0 Å². The molecule has 0 aromatic carbocycles. The summed E-state index contributed by atoms with van der Waals surface area (Å²) in [5.74, 6) is 0. The van der Waals surface area contributed by atoms with Crippen LogP contribution < -0.4 is 0 Å². The molecule has 10 N–H and O–H groups in total. The molecular weight excluding hydrogens is 452 g/mol. The van der Waals surface area contributed by atoms with Gasteiger partial charge in [0.2, 0.25) is 0 Å². The maximum atomic E-state index is 9.98. The molecule has 0 aromatic heterocycles. The van der Waals surface area contributed by atoms with Gasteiger partial charge in [-0.2, -0.15) is 0 Å². The fourth-order valence-electron chi connectivity index (χ4n) is 3.63. The van der Waals surface area contributed by atoms with Crippen molar-refractivity contribution in [3.8, 4) is 0 Å². The van der Waals surface area contributed by atoms with Crippen molar-refractivity contribution >= 4 is 0 Å². The molecule has 0 spiro atoms. The van der Waals surface area contributed by atoms with Crippen LogP contribution in [-0.2, 0) is 0 Å². The van der Waals surface area contributed by atoms with Crippen LogP contribution in [-0.4, -0.2) is 163 Å². The van der Waals surface area contributed by atoms with Gasteiger partial charge < -0.3 is 60.9 Å². The zero-order valence-corrected chi connectivity index (χ0v) is 20.5. The third-order valence-electron chi connectivity index (χ3n) is 5.98. The minimum absolute atomic E-state index is 0.124. The van der Waals surface area contributed by atoms with Crippen molar-refractivity contribution in [3.05, 3.63) is 0 Å². The highest BCUT2D eigenvalue weighted by molar-refractivity contribution is 4.83. The van der Waals surface area contributed by atoms with Gasteiger partial charge in [0, 0.05) is 13.1 Å². The topological polar surface area (TPSA) is 209 Å². The van der Waals surface area contributed by atoms with E-state index in [0.717, 1.165) is 38.5 Å². The van der Waals surface area contributed by atoms with E-state index in [-0.39, 0.29) is 13.1 Å². The van der Waals surface area contributed by atoms with Crippen LogP contribution in [0.5, 0.6) is 0 Å². The van der Waals surface area contributed by atoms with Crippen LogP contribution in [0.25, 0.3) is 0 Å². The average Bonchev–Trinajstić information content (AvgIpc) is 2.82. The monoisotopic (exact) mass is 500 g/mol. The number of rotatable bonds is 21. The van der Waals surface area contributed by atoms with Crippen molar-refractivity contribution in [1.29, 1.82) is 0 Å². The van der Waals surface area contributed by atoms with Gasteiger partial charge in [-0.05, 0) is 40.0 Å². The molecule has 12 heteroatoms. The predicted octanol–water partition coefficient (Wildman–Crippen LogP) is -3.94. The third kappa shape index (κ3) is 13.6. The third-order valence-corrected chi connectivity index (χ3v) is 5.98. The Balaban J connectivity index is 3.88. The summed E-state index contributed by atoms with van der Waals surface area (Å²) >= 11 is 0. The Morgan fingerprint density at radius 2 is 0.706 bits per heavy atom. The summed E-state index contributed by atoms with van der Waals surface area (Å²) in [5.41, 5.74) is 0. The normalized spacial score (nSPS) is 19.6. The van der Waals surface area contributed by atoms with E-state index >= 15 is 0 Å². The molecule has 8 unspecified atom stereocenters. The van der Waals surface area contributed by atoms with Crippen LogP contribution in [0.15, 0.2) is 0 Å². The number of unbranched alkanes of at least 4 members (excludes halogenated alkanes) is 5. The molecule has 8 atom stereocenters. The molecule has 0 heterocycles. The van der Waals surface area contributed by atoms with Crippen molar-refractivity contribution in [2.24, 2.45) is 0 Å². The van der Waals surface area contributed by atoms with Crippen molar-refractivity contribution in [2.45, 2.75) is 87.4 Å². The Labute approximate surface area is 202 Å². The lowest BCUT2D eigenvalue weighted by Gasteiger charge is -2.28. The molecule has 0 amide bonds. The van der Waals surface area contributed by atoms with Gasteiger partial charge in [-0.15, -0.1) is 0 Å². The number of aliphatic hydroxyl groups excluding tert-OH is 10. The molecule has 0 aliphatic rings. The lowest BCUT2D eigenvalue weighted by Crippen LogP contribution is -2.49. The van der Waals surface area contributed by atoms with Crippen LogP contribution in [0.1, 0.15) is 38.5 Å². The fraction of sp³-hybridized carbons (Fsp3) is 1.00. The Kier molecular flexibility index (Phi) is 18.5.